The van der Waals surface area contributed by atoms with Crippen LogP contribution in [0, 0.1) is 6.92 Å². The van der Waals surface area contributed by atoms with Crippen LogP contribution in [0.1, 0.15) is 11.7 Å². The van der Waals surface area contributed by atoms with Crippen LogP contribution in [0.4, 0.5) is 0 Å². The van der Waals surface area contributed by atoms with Gasteiger partial charge in [0.1, 0.15) is 0 Å². The molecule has 0 bridgehead atoms. The van der Waals surface area contributed by atoms with Crippen LogP contribution in [0.5, 0.6) is 0 Å². The van der Waals surface area contributed by atoms with E-state index in [4.69, 9.17) is 4.52 Å². The Hall–Kier alpha value is -1.69. The molecular formula is C9H14N4O2. The number of nitrogens with zero attached hydrogens (tertiary/aromatic N) is 2. The average Bonchev–Trinajstić information content (AvgIpc) is 2.62. The van der Waals surface area contributed by atoms with E-state index in [0.29, 0.717) is 18.3 Å². The molecule has 0 aliphatic carbocycles. The molecule has 6 heteroatoms. The van der Waals surface area contributed by atoms with Crippen molar-refractivity contribution in [2.75, 3.05) is 13.1 Å². The van der Waals surface area contributed by atoms with E-state index in [1.807, 2.05) is 0 Å². The van der Waals surface area contributed by atoms with E-state index < -0.39 is 0 Å². The van der Waals surface area contributed by atoms with Crippen LogP contribution < -0.4 is 10.6 Å². The molecule has 0 aliphatic heterocycles. The Morgan fingerprint density at radius 3 is 3.07 bits per heavy atom. The van der Waals surface area contributed by atoms with Gasteiger partial charge in [-0.2, -0.15) is 4.98 Å². The normalized spacial score (nSPS) is 9.93. The zero-order chi connectivity index (χ0) is 11.1. The smallest absolute Gasteiger partial charge is 0.234 e. The first-order chi connectivity index (χ1) is 7.22. The zero-order valence-electron chi connectivity index (χ0n) is 8.62. The Labute approximate surface area is 87.7 Å². The van der Waals surface area contributed by atoms with Gasteiger partial charge in [0.05, 0.1) is 13.1 Å². The average molecular weight is 210 g/mol. The number of hydrogen-bond acceptors (Lipinski definition) is 5. The number of hydrogen-bond donors (Lipinski definition) is 2. The monoisotopic (exact) mass is 210 g/mol. The summed E-state index contributed by atoms with van der Waals surface area (Å²) in [5, 5.41) is 9.18. The molecule has 1 aromatic rings. The molecule has 0 spiro atoms. The Morgan fingerprint density at radius 1 is 1.67 bits per heavy atom. The quantitative estimate of drug-likeness (QED) is 0.501. The van der Waals surface area contributed by atoms with Crippen molar-refractivity contribution in [3.8, 4) is 0 Å². The Kier molecular flexibility index (Phi) is 4.49. The number of carbonyl (C=O) groups excluding carboxylic acids is 1. The van der Waals surface area contributed by atoms with E-state index >= 15 is 0 Å². The molecular weight excluding hydrogens is 196 g/mol. The molecule has 1 heterocycles. The Bertz CT molecular complexity index is 335. The lowest BCUT2D eigenvalue weighted by atomic mass is 10.5. The molecule has 0 radical (unpaired) electrons. The van der Waals surface area contributed by atoms with Gasteiger partial charge in [-0.1, -0.05) is 11.2 Å². The molecule has 0 aliphatic rings. The molecule has 0 fully saturated rings. The molecule has 2 N–H and O–H groups in total. The second-order valence-electron chi connectivity index (χ2n) is 2.93. The van der Waals surface area contributed by atoms with Crippen LogP contribution in [0.25, 0.3) is 0 Å². The lowest BCUT2D eigenvalue weighted by Gasteiger charge is -2.02. The highest BCUT2D eigenvalue weighted by atomic mass is 16.5. The highest BCUT2D eigenvalue weighted by molar-refractivity contribution is 5.77. The summed E-state index contributed by atoms with van der Waals surface area (Å²) in [7, 11) is 0. The minimum absolute atomic E-state index is 0.112. The second-order valence-corrected chi connectivity index (χ2v) is 2.93. The maximum absolute atomic E-state index is 11.2. The Morgan fingerprint density at radius 2 is 2.47 bits per heavy atom. The molecule has 6 nitrogen and oxygen atoms in total. The fraction of sp³-hybridized carbons (Fsp3) is 0.444. The van der Waals surface area contributed by atoms with Gasteiger partial charge in [0, 0.05) is 13.5 Å². The highest BCUT2D eigenvalue weighted by Gasteiger charge is 2.04. The third kappa shape index (κ3) is 4.37. The topological polar surface area (TPSA) is 80.0 Å². The summed E-state index contributed by atoms with van der Waals surface area (Å²) in [6, 6.07) is 0. The van der Waals surface area contributed by atoms with Crippen molar-refractivity contribution >= 4 is 5.91 Å². The van der Waals surface area contributed by atoms with Crippen LogP contribution in [0.3, 0.4) is 0 Å². The number of amides is 1. The van der Waals surface area contributed by atoms with Gasteiger partial charge in [0.25, 0.3) is 0 Å². The van der Waals surface area contributed by atoms with Crippen LogP contribution in [0.2, 0.25) is 0 Å². The molecule has 0 atom stereocenters. The molecule has 1 rings (SSSR count). The molecule has 82 valence electrons. The van der Waals surface area contributed by atoms with Crippen molar-refractivity contribution in [3.05, 3.63) is 24.4 Å². The fourth-order valence-electron chi connectivity index (χ4n) is 0.941. The van der Waals surface area contributed by atoms with Gasteiger partial charge in [0.15, 0.2) is 5.82 Å². The van der Waals surface area contributed by atoms with Gasteiger partial charge < -0.3 is 15.2 Å². The maximum Gasteiger partial charge on any atom is 0.234 e. The van der Waals surface area contributed by atoms with E-state index in [2.05, 4.69) is 27.4 Å². The van der Waals surface area contributed by atoms with Crippen LogP contribution >= 0.6 is 0 Å². The summed E-state index contributed by atoms with van der Waals surface area (Å²) in [5.74, 6) is 0.855. The predicted molar refractivity (Wildman–Crippen MR) is 53.9 cm³/mol. The van der Waals surface area contributed by atoms with E-state index in [9.17, 15) is 4.79 Å². The lowest BCUT2D eigenvalue weighted by molar-refractivity contribution is -0.120. The first-order valence-corrected chi connectivity index (χ1v) is 4.60. The number of rotatable bonds is 6. The SMILES string of the molecule is C=CCNCC(=O)NCc1noc(C)n1. The van der Waals surface area contributed by atoms with Crippen molar-refractivity contribution in [3.63, 3.8) is 0 Å². The third-order valence-electron chi connectivity index (χ3n) is 1.59. The summed E-state index contributed by atoms with van der Waals surface area (Å²) < 4.78 is 4.75. The lowest BCUT2D eigenvalue weighted by Crippen LogP contribution is -2.33. The number of aryl methyl sites for hydroxylation is 1. The predicted octanol–water partition coefficient (Wildman–Crippen LogP) is -0.230. The van der Waals surface area contributed by atoms with Crippen molar-refractivity contribution in [1.82, 2.24) is 20.8 Å². The maximum atomic E-state index is 11.2. The van der Waals surface area contributed by atoms with E-state index in [1.165, 1.54) is 0 Å². The van der Waals surface area contributed by atoms with Crippen LogP contribution in [-0.2, 0) is 11.3 Å². The molecule has 1 aromatic heterocycles. The molecule has 0 saturated heterocycles. The van der Waals surface area contributed by atoms with Crippen molar-refractivity contribution in [2.24, 2.45) is 0 Å². The largest absolute Gasteiger partial charge is 0.348 e. The first-order valence-electron chi connectivity index (χ1n) is 4.60. The minimum Gasteiger partial charge on any atom is -0.348 e. The molecule has 0 unspecified atom stereocenters. The first kappa shape index (κ1) is 11.4. The number of carbonyl (C=O) groups is 1. The zero-order valence-corrected chi connectivity index (χ0v) is 8.62. The van der Waals surface area contributed by atoms with Crippen molar-refractivity contribution < 1.29 is 9.32 Å². The molecule has 1 amide bonds. The van der Waals surface area contributed by atoms with Gasteiger partial charge in [-0.05, 0) is 0 Å². The molecule has 0 aromatic carbocycles. The summed E-state index contributed by atoms with van der Waals surface area (Å²) in [6.45, 7) is 6.37. The Balaban J connectivity index is 2.19. The summed E-state index contributed by atoms with van der Waals surface area (Å²) in [6.07, 6.45) is 1.69. The van der Waals surface area contributed by atoms with Gasteiger partial charge in [-0.3, -0.25) is 4.79 Å². The van der Waals surface area contributed by atoms with Crippen LogP contribution in [0.15, 0.2) is 17.2 Å². The van der Waals surface area contributed by atoms with Crippen molar-refractivity contribution in [1.29, 1.82) is 0 Å². The number of nitrogens with one attached hydrogen (secondary N) is 2. The summed E-state index contributed by atoms with van der Waals surface area (Å²) >= 11 is 0. The second kappa shape index (κ2) is 5.92. The molecule has 15 heavy (non-hydrogen) atoms. The highest BCUT2D eigenvalue weighted by Crippen LogP contribution is 1.93. The fourth-order valence-corrected chi connectivity index (χ4v) is 0.941. The third-order valence-corrected chi connectivity index (χ3v) is 1.59. The summed E-state index contributed by atoms with van der Waals surface area (Å²) in [5.41, 5.74) is 0. The van der Waals surface area contributed by atoms with Gasteiger partial charge in [-0.15, -0.1) is 6.58 Å². The van der Waals surface area contributed by atoms with Gasteiger partial charge >= 0.3 is 0 Å². The standard InChI is InChI=1S/C9H14N4O2/c1-3-4-10-6-9(14)11-5-8-12-7(2)15-13-8/h3,10H,1,4-6H2,2H3,(H,11,14). The minimum atomic E-state index is -0.112. The number of aromatic nitrogens is 2. The van der Waals surface area contributed by atoms with E-state index in [0.717, 1.165) is 0 Å². The van der Waals surface area contributed by atoms with E-state index in [-0.39, 0.29) is 19.0 Å². The van der Waals surface area contributed by atoms with Crippen molar-refractivity contribution in [2.45, 2.75) is 13.5 Å². The summed E-state index contributed by atoms with van der Waals surface area (Å²) in [4.78, 5) is 15.2. The van der Waals surface area contributed by atoms with E-state index in [1.54, 1.807) is 13.0 Å². The molecule has 0 saturated carbocycles. The van der Waals surface area contributed by atoms with Gasteiger partial charge in [-0.25, -0.2) is 0 Å². The van der Waals surface area contributed by atoms with Gasteiger partial charge in [0.2, 0.25) is 11.8 Å². The van der Waals surface area contributed by atoms with Crippen LogP contribution in [-0.4, -0.2) is 29.1 Å².